The Balaban J connectivity index is 1.54. The van der Waals surface area contributed by atoms with E-state index in [0.717, 1.165) is 0 Å². The summed E-state index contributed by atoms with van der Waals surface area (Å²) in [6.07, 6.45) is 0. The van der Waals surface area contributed by atoms with E-state index in [0.29, 0.717) is 0 Å². The summed E-state index contributed by atoms with van der Waals surface area (Å²) >= 11 is 0. The highest BCUT2D eigenvalue weighted by molar-refractivity contribution is 6.40. The van der Waals surface area contributed by atoms with Crippen LogP contribution in [0.3, 0.4) is 0 Å². The molecule has 0 radical (unpaired) electrons. The highest BCUT2D eigenvalue weighted by Crippen LogP contribution is 2.53. The molecule has 0 bridgehead atoms. The van der Waals surface area contributed by atoms with Crippen LogP contribution >= 0.6 is 0 Å². The highest BCUT2D eigenvalue weighted by Gasteiger charge is 2.32. The van der Waals surface area contributed by atoms with Gasteiger partial charge in [0.25, 0.3) is 0 Å². The van der Waals surface area contributed by atoms with E-state index in [2.05, 4.69) is 151 Å². The zero-order valence-corrected chi connectivity index (χ0v) is 27.4. The third kappa shape index (κ3) is 3.20. The van der Waals surface area contributed by atoms with Crippen molar-refractivity contribution in [2.45, 2.75) is 52.4 Å². The summed E-state index contributed by atoms with van der Waals surface area (Å²) in [4.78, 5) is 0. The van der Waals surface area contributed by atoms with Crippen molar-refractivity contribution < 1.29 is 0 Å². The zero-order chi connectivity index (χ0) is 31.3. The molecule has 0 saturated heterocycles. The summed E-state index contributed by atoms with van der Waals surface area (Å²) in [7, 11) is 0. The van der Waals surface area contributed by atoms with Crippen LogP contribution in [0.5, 0.6) is 0 Å². The molecule has 220 valence electrons. The van der Waals surface area contributed by atoms with Crippen LogP contribution in [-0.2, 0) is 10.8 Å². The monoisotopic (exact) mass is 588 g/mol. The van der Waals surface area contributed by atoms with Crippen molar-refractivity contribution in [1.29, 1.82) is 0 Å². The second-order valence-electron chi connectivity index (χ2n) is 15.7. The molecule has 0 aliphatic rings. The molecule has 0 amide bonds. The lowest BCUT2D eigenvalue weighted by Gasteiger charge is -2.30. The standard InChI is InChI=1S/C46H36/c1-45(2,3)43-36-23-33-31-19-11-17-29-27-15-9-7-13-25(27)21-35(39(29)31)34(33)24-37(36)44(46(4,5)6)42-38-22-26-14-8-10-16-28(26)30-18-12-20-32(40(30)38)41(42)43/h7-24H,1-6H3. The molecular weight excluding hydrogens is 553 g/mol. The van der Waals surface area contributed by atoms with Crippen molar-refractivity contribution in [3.8, 4) is 0 Å². The van der Waals surface area contributed by atoms with Gasteiger partial charge in [-0.25, -0.2) is 0 Å². The number of benzene rings is 8. The molecule has 0 N–H and O–H groups in total. The number of hydrogen-bond acceptors (Lipinski definition) is 0. The Morgan fingerprint density at radius 2 is 0.674 bits per heavy atom. The Labute approximate surface area is 268 Å². The summed E-state index contributed by atoms with van der Waals surface area (Å²) in [6.45, 7) is 14.5. The summed E-state index contributed by atoms with van der Waals surface area (Å²) in [5.41, 5.74) is 2.79. The smallest absolute Gasteiger partial charge is 0.00197 e. The first kappa shape index (κ1) is 26.3. The summed E-state index contributed by atoms with van der Waals surface area (Å²) in [5.74, 6) is 0. The third-order valence-electron chi connectivity index (χ3n) is 10.8. The first-order valence-electron chi connectivity index (χ1n) is 16.7. The molecule has 10 aromatic carbocycles. The van der Waals surface area contributed by atoms with E-state index in [4.69, 9.17) is 0 Å². The largest absolute Gasteiger partial charge is 0.0616 e. The Kier molecular flexibility index (Phi) is 4.83. The van der Waals surface area contributed by atoms with Gasteiger partial charge in [-0.15, -0.1) is 0 Å². The number of fused-ring (bicyclic) bond motifs is 11. The maximum atomic E-state index is 2.57. The fraction of sp³-hybridized carbons (Fsp3) is 0.174. The lowest BCUT2D eigenvalue weighted by molar-refractivity contribution is 0.594. The minimum Gasteiger partial charge on any atom is -0.0616 e. The second kappa shape index (κ2) is 8.45. The molecular formula is C46H36. The molecule has 0 atom stereocenters. The predicted octanol–water partition coefficient (Wildman–Crippen LogP) is 13.5. The molecule has 10 aromatic rings. The van der Waals surface area contributed by atoms with Crippen LogP contribution in [0.1, 0.15) is 52.7 Å². The lowest BCUT2D eigenvalue weighted by atomic mass is 9.74. The van der Waals surface area contributed by atoms with E-state index < -0.39 is 0 Å². The van der Waals surface area contributed by atoms with Crippen LogP contribution in [0.25, 0.3) is 97.0 Å². The maximum absolute atomic E-state index is 2.57. The highest BCUT2D eigenvalue weighted by atomic mass is 14.3. The van der Waals surface area contributed by atoms with E-state index in [1.807, 2.05) is 0 Å². The third-order valence-corrected chi connectivity index (χ3v) is 10.8. The van der Waals surface area contributed by atoms with Gasteiger partial charge in [-0.1, -0.05) is 126 Å². The SMILES string of the molecule is CC(C)(C)c1c2cc3c(cc2c(C(C)(C)C)c2c4cc5ccccc5c5cccc(c12)c54)c1cc2ccccc2c2cccc3c21. The van der Waals surface area contributed by atoms with E-state index in [1.165, 1.54) is 108 Å². The molecule has 10 rings (SSSR count). The molecule has 0 aromatic heterocycles. The molecule has 0 unspecified atom stereocenters. The van der Waals surface area contributed by atoms with Crippen molar-refractivity contribution in [3.63, 3.8) is 0 Å². The molecule has 0 nitrogen and oxygen atoms in total. The molecule has 0 saturated carbocycles. The molecule has 0 heteroatoms. The van der Waals surface area contributed by atoms with Gasteiger partial charge in [0.2, 0.25) is 0 Å². The van der Waals surface area contributed by atoms with Crippen LogP contribution in [-0.4, -0.2) is 0 Å². The van der Waals surface area contributed by atoms with Gasteiger partial charge >= 0.3 is 0 Å². The number of hydrogen-bond donors (Lipinski definition) is 0. The molecule has 0 heterocycles. The van der Waals surface area contributed by atoms with E-state index in [-0.39, 0.29) is 10.8 Å². The van der Waals surface area contributed by atoms with Crippen molar-refractivity contribution in [2.75, 3.05) is 0 Å². The van der Waals surface area contributed by atoms with Crippen LogP contribution in [0.15, 0.2) is 109 Å². The van der Waals surface area contributed by atoms with Crippen molar-refractivity contribution in [2.24, 2.45) is 0 Å². The van der Waals surface area contributed by atoms with Gasteiger partial charge in [-0.05, 0) is 143 Å². The van der Waals surface area contributed by atoms with Gasteiger partial charge < -0.3 is 0 Å². The molecule has 0 spiro atoms. The summed E-state index contributed by atoms with van der Waals surface area (Å²) in [5, 5.41) is 24.8. The topological polar surface area (TPSA) is 0 Å². The van der Waals surface area contributed by atoms with Gasteiger partial charge in [-0.2, -0.15) is 0 Å². The van der Waals surface area contributed by atoms with Crippen molar-refractivity contribution >= 4 is 97.0 Å². The average molecular weight is 589 g/mol. The van der Waals surface area contributed by atoms with Crippen LogP contribution in [0.4, 0.5) is 0 Å². The van der Waals surface area contributed by atoms with Crippen molar-refractivity contribution in [3.05, 3.63) is 120 Å². The predicted molar refractivity (Wildman–Crippen MR) is 204 cm³/mol. The van der Waals surface area contributed by atoms with Gasteiger partial charge in [0.1, 0.15) is 0 Å². The Bertz CT molecular complexity index is 2900. The molecule has 0 aliphatic carbocycles. The Morgan fingerprint density at radius 1 is 0.283 bits per heavy atom. The first-order chi connectivity index (χ1) is 22.1. The van der Waals surface area contributed by atoms with Gasteiger partial charge in [0.15, 0.2) is 0 Å². The molecule has 0 fully saturated rings. The zero-order valence-electron chi connectivity index (χ0n) is 27.4. The minimum atomic E-state index is -0.0723. The van der Waals surface area contributed by atoms with Gasteiger partial charge in [-0.3, -0.25) is 0 Å². The van der Waals surface area contributed by atoms with Crippen LogP contribution in [0.2, 0.25) is 0 Å². The lowest BCUT2D eigenvalue weighted by Crippen LogP contribution is -2.17. The minimum absolute atomic E-state index is 0.0667. The van der Waals surface area contributed by atoms with E-state index in [9.17, 15) is 0 Å². The second-order valence-corrected chi connectivity index (χ2v) is 15.7. The van der Waals surface area contributed by atoms with Gasteiger partial charge in [0, 0.05) is 0 Å². The number of rotatable bonds is 0. The van der Waals surface area contributed by atoms with E-state index in [1.54, 1.807) is 0 Å². The summed E-state index contributed by atoms with van der Waals surface area (Å²) < 4.78 is 0. The van der Waals surface area contributed by atoms with E-state index >= 15 is 0 Å². The van der Waals surface area contributed by atoms with Gasteiger partial charge in [0.05, 0.1) is 0 Å². The quantitative estimate of drug-likeness (QED) is 0.155. The fourth-order valence-corrected chi connectivity index (χ4v) is 9.24. The van der Waals surface area contributed by atoms with Crippen LogP contribution in [0, 0.1) is 0 Å². The Hall–Kier alpha value is -4.94. The van der Waals surface area contributed by atoms with Crippen molar-refractivity contribution in [1.82, 2.24) is 0 Å². The molecule has 46 heavy (non-hydrogen) atoms. The average Bonchev–Trinajstić information content (AvgIpc) is 3.51. The normalized spacial score (nSPS) is 13.4. The first-order valence-corrected chi connectivity index (χ1v) is 16.7. The maximum Gasteiger partial charge on any atom is -0.00197 e. The fourth-order valence-electron chi connectivity index (χ4n) is 9.24. The van der Waals surface area contributed by atoms with Crippen LogP contribution < -0.4 is 0 Å². The molecule has 0 aliphatic heterocycles. The summed E-state index contributed by atoms with van der Waals surface area (Å²) in [6, 6.07) is 41.8. The Morgan fingerprint density at radius 3 is 1.22 bits per heavy atom.